The number of nitrogens with zero attached hydrogens (tertiary/aromatic N) is 4. The van der Waals surface area contributed by atoms with Crippen molar-refractivity contribution < 1.29 is 39.0 Å². The fraction of sp³-hybridized carbons (Fsp3) is 0.339. The number of non-ortho nitro benzene ring substituents is 1. The van der Waals surface area contributed by atoms with E-state index in [1.165, 1.54) is 12.1 Å². The first-order valence-corrected chi connectivity index (χ1v) is 23.7. The molecule has 0 saturated heterocycles. The lowest BCUT2D eigenvalue weighted by Gasteiger charge is -2.60. The van der Waals surface area contributed by atoms with Crippen LogP contribution in [0.2, 0.25) is 0 Å². The fourth-order valence-electron chi connectivity index (χ4n) is 10.6. The SMILES string of the molecule is C=CCOc1ccc2c(c1)C1C(CCCCO)C(CCCCO)C=C3C(=NOCc4ccc([N+](=O)[O-])cc4)CC(N(Cc4cccc5ccccc45)C(=O)c4ccc(C#N)cc4)C(OCC=C)(O2)C31. The van der Waals surface area contributed by atoms with Gasteiger partial charge in [0.2, 0.25) is 5.79 Å². The van der Waals surface area contributed by atoms with Crippen LogP contribution in [-0.2, 0) is 22.7 Å². The second kappa shape index (κ2) is 22.3. The smallest absolute Gasteiger partial charge is 0.269 e. The van der Waals surface area contributed by atoms with Gasteiger partial charge in [-0.2, -0.15) is 5.26 Å². The van der Waals surface area contributed by atoms with Crippen molar-refractivity contribution in [3.63, 3.8) is 0 Å². The quantitative estimate of drug-likeness (QED) is 0.0294. The van der Waals surface area contributed by atoms with Gasteiger partial charge >= 0.3 is 0 Å². The standard InChI is InChI=1S/C56H58N4O9/c1-3-30-66-45-26-27-51-49(33-45)53-47(17-8-10-29-62)42(13-7-9-28-61)32-48-50(58-68-37-39-20-24-44(25-21-39)60(64)65)34-52(56(69-51,54(48)53)67-31-4-2)59(55(63)41-22-18-38(35-57)19-23-41)36-43-15-11-14-40-12-5-6-16-46(40)43/h3-6,11-12,14-16,18-27,32-33,42,47,52-54,61-62H,1-2,7-10,13,17,28-31,34,36-37H2. The molecule has 0 radical (unpaired) electrons. The monoisotopic (exact) mass is 930 g/mol. The van der Waals surface area contributed by atoms with Crippen molar-refractivity contribution in [2.75, 3.05) is 26.4 Å². The minimum absolute atomic E-state index is 0.00390. The van der Waals surface area contributed by atoms with Gasteiger partial charge in [-0.05, 0) is 120 Å². The number of aliphatic hydroxyl groups is 2. The van der Waals surface area contributed by atoms with Gasteiger partial charge < -0.3 is 34.2 Å². The van der Waals surface area contributed by atoms with Crippen LogP contribution in [0.5, 0.6) is 11.5 Å². The van der Waals surface area contributed by atoms with E-state index < -0.39 is 22.7 Å². The molecule has 1 aliphatic heterocycles. The van der Waals surface area contributed by atoms with Crippen LogP contribution in [0.1, 0.15) is 83.5 Å². The van der Waals surface area contributed by atoms with Crippen molar-refractivity contribution in [3.05, 3.63) is 184 Å². The van der Waals surface area contributed by atoms with Crippen molar-refractivity contribution in [2.45, 2.75) is 75.8 Å². The summed E-state index contributed by atoms with van der Waals surface area (Å²) in [4.78, 5) is 34.7. The molecule has 356 valence electrons. The van der Waals surface area contributed by atoms with Crippen molar-refractivity contribution in [1.82, 2.24) is 4.90 Å². The number of nitro groups is 1. The van der Waals surface area contributed by atoms with Gasteiger partial charge in [0, 0.05) is 55.4 Å². The summed E-state index contributed by atoms with van der Waals surface area (Å²) in [6.45, 7) is 8.58. The Kier molecular flexibility index (Phi) is 15.6. The molecule has 3 aliphatic rings. The number of rotatable bonds is 22. The molecule has 5 aromatic rings. The van der Waals surface area contributed by atoms with Crippen LogP contribution in [0.4, 0.5) is 5.69 Å². The summed E-state index contributed by atoms with van der Waals surface area (Å²) >= 11 is 0. The summed E-state index contributed by atoms with van der Waals surface area (Å²) in [5, 5.41) is 48.2. The number of nitriles is 1. The van der Waals surface area contributed by atoms with Gasteiger partial charge in [0.05, 0.1) is 34.8 Å². The number of carbonyl (C=O) groups excluding carboxylic acids is 1. The molecule has 1 amide bonds. The minimum atomic E-state index is -1.54. The summed E-state index contributed by atoms with van der Waals surface area (Å²) in [7, 11) is 0. The van der Waals surface area contributed by atoms with Crippen LogP contribution in [0.15, 0.2) is 151 Å². The Morgan fingerprint density at radius 2 is 1.67 bits per heavy atom. The Balaban J connectivity index is 1.37. The highest BCUT2D eigenvalue weighted by molar-refractivity contribution is 6.03. The molecule has 1 fully saturated rings. The third kappa shape index (κ3) is 10.3. The first-order chi connectivity index (χ1) is 33.7. The zero-order valence-electron chi connectivity index (χ0n) is 38.7. The van der Waals surface area contributed by atoms with Gasteiger partial charge in [0.25, 0.3) is 11.6 Å². The van der Waals surface area contributed by atoms with Crippen molar-refractivity contribution in [3.8, 4) is 17.6 Å². The number of oxime groups is 1. The summed E-state index contributed by atoms with van der Waals surface area (Å²) in [5.74, 6) is -1.53. The van der Waals surface area contributed by atoms with E-state index in [0.717, 1.165) is 53.2 Å². The number of ether oxygens (including phenoxy) is 3. The Morgan fingerprint density at radius 3 is 2.39 bits per heavy atom. The second-order valence-corrected chi connectivity index (χ2v) is 17.8. The molecule has 6 atom stereocenters. The third-order valence-electron chi connectivity index (χ3n) is 13.7. The Hall–Kier alpha value is -7.11. The predicted octanol–water partition coefficient (Wildman–Crippen LogP) is 10.4. The van der Waals surface area contributed by atoms with E-state index in [2.05, 4.69) is 25.3 Å². The van der Waals surface area contributed by atoms with Crippen molar-refractivity contribution in [2.24, 2.45) is 22.9 Å². The molecule has 5 aromatic carbocycles. The van der Waals surface area contributed by atoms with E-state index in [0.29, 0.717) is 53.3 Å². The number of amides is 1. The highest BCUT2D eigenvalue weighted by Crippen LogP contribution is 2.62. The van der Waals surface area contributed by atoms with Gasteiger partial charge in [-0.15, -0.1) is 6.58 Å². The minimum Gasteiger partial charge on any atom is -0.490 e. The second-order valence-electron chi connectivity index (χ2n) is 17.8. The number of benzene rings is 5. The number of hydrogen-bond donors (Lipinski definition) is 2. The summed E-state index contributed by atoms with van der Waals surface area (Å²) < 4.78 is 20.9. The molecular weight excluding hydrogens is 873 g/mol. The number of aliphatic hydroxyl groups excluding tert-OH is 2. The number of carbonyl (C=O) groups is 1. The lowest BCUT2D eigenvalue weighted by Crippen LogP contribution is -2.70. The first-order valence-electron chi connectivity index (χ1n) is 23.7. The lowest BCUT2D eigenvalue weighted by atomic mass is 9.55. The molecule has 6 unspecified atom stereocenters. The van der Waals surface area contributed by atoms with Gasteiger partial charge in [-0.25, -0.2) is 0 Å². The molecule has 0 spiro atoms. The van der Waals surface area contributed by atoms with Gasteiger partial charge in [-0.3, -0.25) is 14.9 Å². The largest absolute Gasteiger partial charge is 0.490 e. The van der Waals surface area contributed by atoms with Crippen LogP contribution in [0.3, 0.4) is 0 Å². The Labute approximate surface area is 402 Å². The zero-order valence-corrected chi connectivity index (χ0v) is 38.7. The van der Waals surface area contributed by atoms with E-state index in [1.54, 1.807) is 48.6 Å². The molecule has 13 nitrogen and oxygen atoms in total. The number of unbranched alkanes of at least 4 members (excludes halogenated alkanes) is 2. The van der Waals surface area contributed by atoms with Gasteiger partial charge in [0.1, 0.15) is 30.8 Å². The molecule has 1 saturated carbocycles. The maximum absolute atomic E-state index is 15.6. The van der Waals surface area contributed by atoms with E-state index in [4.69, 9.17) is 24.2 Å². The van der Waals surface area contributed by atoms with Crippen LogP contribution in [-0.4, -0.2) is 69.9 Å². The highest BCUT2D eigenvalue weighted by atomic mass is 16.7. The number of fused-ring (bicyclic) bond motifs is 3. The van der Waals surface area contributed by atoms with Crippen LogP contribution in [0.25, 0.3) is 10.8 Å². The van der Waals surface area contributed by atoms with Crippen LogP contribution >= 0.6 is 0 Å². The number of hydrogen-bond acceptors (Lipinski definition) is 11. The predicted molar refractivity (Wildman–Crippen MR) is 264 cm³/mol. The maximum Gasteiger partial charge on any atom is 0.269 e. The lowest BCUT2D eigenvalue weighted by molar-refractivity contribution is -0.384. The fourth-order valence-corrected chi connectivity index (χ4v) is 10.6. The summed E-state index contributed by atoms with van der Waals surface area (Å²) in [6.07, 6.45) is 10.1. The van der Waals surface area contributed by atoms with E-state index in [9.17, 15) is 25.6 Å². The molecule has 2 aliphatic carbocycles. The maximum atomic E-state index is 15.6. The molecule has 1 heterocycles. The average Bonchev–Trinajstić information content (AvgIpc) is 3.38. The van der Waals surface area contributed by atoms with Crippen LogP contribution < -0.4 is 9.47 Å². The average molecular weight is 931 g/mol. The first kappa shape index (κ1) is 48.4. The molecule has 0 bridgehead atoms. The Morgan fingerprint density at radius 1 is 0.928 bits per heavy atom. The van der Waals surface area contributed by atoms with Gasteiger partial charge in [-0.1, -0.05) is 85.3 Å². The van der Waals surface area contributed by atoms with Crippen molar-refractivity contribution >= 4 is 28.1 Å². The van der Waals surface area contributed by atoms with E-state index in [-0.39, 0.29) is 68.7 Å². The normalized spacial score (nSPS) is 21.7. The summed E-state index contributed by atoms with van der Waals surface area (Å²) in [5.41, 5.74) is 4.69. The topological polar surface area (TPSA) is 177 Å². The number of nitro benzene ring substituents is 1. The molecule has 2 N–H and O–H groups in total. The summed E-state index contributed by atoms with van der Waals surface area (Å²) in [6, 6.07) is 34.0. The van der Waals surface area contributed by atoms with Crippen molar-refractivity contribution in [1.29, 1.82) is 5.26 Å². The highest BCUT2D eigenvalue weighted by Gasteiger charge is 2.65. The molecule has 13 heteroatoms. The molecule has 8 rings (SSSR count). The molecule has 0 aromatic heterocycles. The molecule has 69 heavy (non-hydrogen) atoms. The van der Waals surface area contributed by atoms with Gasteiger partial charge in [0.15, 0.2) is 0 Å². The van der Waals surface area contributed by atoms with E-state index in [1.807, 2.05) is 65.6 Å². The van der Waals surface area contributed by atoms with Crippen LogP contribution in [0, 0.1) is 39.2 Å². The zero-order chi connectivity index (χ0) is 48.3. The third-order valence-corrected chi connectivity index (χ3v) is 13.7. The Bertz CT molecular complexity index is 2740. The number of allylic oxidation sites excluding steroid dienone is 1. The molecular formula is C56H58N4O9. The van der Waals surface area contributed by atoms with E-state index >= 15 is 4.79 Å².